The van der Waals surface area contributed by atoms with Crippen LogP contribution in [0.3, 0.4) is 0 Å². The van der Waals surface area contributed by atoms with Crippen molar-refractivity contribution < 1.29 is 18.8 Å². The second-order valence-electron chi connectivity index (χ2n) is 8.26. The number of halogens is 2. The highest BCUT2D eigenvalue weighted by Crippen LogP contribution is 2.31. The number of hydrogen-bond donors (Lipinski definition) is 3. The van der Waals surface area contributed by atoms with Gasteiger partial charge in [0.1, 0.15) is 11.9 Å². The summed E-state index contributed by atoms with van der Waals surface area (Å²) in [5.74, 6) is -1.44. The van der Waals surface area contributed by atoms with E-state index in [4.69, 9.17) is 17.3 Å². The van der Waals surface area contributed by atoms with Crippen LogP contribution in [0.5, 0.6) is 0 Å². The number of amides is 4. The highest BCUT2D eigenvalue weighted by Gasteiger charge is 2.32. The number of piperidine rings is 1. The maximum atomic E-state index is 15.2. The lowest BCUT2D eigenvalue weighted by Gasteiger charge is -2.33. The van der Waals surface area contributed by atoms with Crippen LogP contribution in [0.4, 0.5) is 20.6 Å². The molecule has 0 radical (unpaired) electrons. The molecule has 35 heavy (non-hydrogen) atoms. The Morgan fingerprint density at radius 1 is 1.09 bits per heavy atom. The lowest BCUT2D eigenvalue weighted by Crippen LogP contribution is -2.53. The topological polar surface area (TPSA) is 105 Å². The van der Waals surface area contributed by atoms with Crippen LogP contribution in [0.15, 0.2) is 66.7 Å². The van der Waals surface area contributed by atoms with E-state index in [2.05, 4.69) is 10.6 Å². The molecule has 1 atom stereocenters. The zero-order valence-electron chi connectivity index (χ0n) is 18.8. The molecule has 4 amide bonds. The molecule has 1 aliphatic rings. The molecule has 4 N–H and O–H groups in total. The van der Waals surface area contributed by atoms with Gasteiger partial charge in [-0.1, -0.05) is 41.9 Å². The van der Waals surface area contributed by atoms with Gasteiger partial charge in [0.2, 0.25) is 11.8 Å². The summed E-state index contributed by atoms with van der Waals surface area (Å²) in [6.45, 7) is 0.338. The van der Waals surface area contributed by atoms with Gasteiger partial charge in [0.05, 0.1) is 12.1 Å². The van der Waals surface area contributed by atoms with Crippen molar-refractivity contribution in [1.29, 1.82) is 0 Å². The van der Waals surface area contributed by atoms with Crippen molar-refractivity contribution in [2.45, 2.75) is 25.3 Å². The van der Waals surface area contributed by atoms with Gasteiger partial charge in [-0.3, -0.25) is 9.59 Å². The van der Waals surface area contributed by atoms with Gasteiger partial charge in [0.15, 0.2) is 0 Å². The van der Waals surface area contributed by atoms with Crippen LogP contribution in [-0.4, -0.2) is 30.4 Å². The van der Waals surface area contributed by atoms with E-state index in [0.29, 0.717) is 46.8 Å². The number of carbonyl (C=O) groups excluding carboxylic acids is 3. The molecule has 1 saturated heterocycles. The fourth-order valence-corrected chi connectivity index (χ4v) is 4.27. The summed E-state index contributed by atoms with van der Waals surface area (Å²) in [5.41, 5.74) is 7.97. The fraction of sp³-hybridized carbons (Fsp3) is 0.192. The molecular weight excluding hydrogens is 471 g/mol. The Morgan fingerprint density at radius 2 is 1.83 bits per heavy atom. The summed E-state index contributed by atoms with van der Waals surface area (Å²) in [5, 5.41) is 5.87. The summed E-state index contributed by atoms with van der Waals surface area (Å²) in [4.78, 5) is 38.2. The molecule has 1 heterocycles. The number of benzene rings is 3. The van der Waals surface area contributed by atoms with E-state index in [1.165, 1.54) is 11.0 Å². The van der Waals surface area contributed by atoms with E-state index in [1.54, 1.807) is 60.7 Å². The van der Waals surface area contributed by atoms with Crippen molar-refractivity contribution in [2.75, 3.05) is 16.8 Å². The molecule has 0 aliphatic carbocycles. The first-order valence-electron chi connectivity index (χ1n) is 11.1. The van der Waals surface area contributed by atoms with Gasteiger partial charge in [-0.2, -0.15) is 0 Å². The van der Waals surface area contributed by atoms with Crippen molar-refractivity contribution in [2.24, 2.45) is 5.73 Å². The quantitative estimate of drug-likeness (QED) is 0.470. The minimum absolute atomic E-state index is 0.0373. The predicted molar refractivity (Wildman–Crippen MR) is 134 cm³/mol. The lowest BCUT2D eigenvalue weighted by atomic mass is 9.96. The molecule has 180 valence electrons. The van der Waals surface area contributed by atoms with Gasteiger partial charge >= 0.3 is 6.03 Å². The van der Waals surface area contributed by atoms with Gasteiger partial charge in [-0.05, 0) is 65.9 Å². The summed E-state index contributed by atoms with van der Waals surface area (Å²) < 4.78 is 15.2. The SMILES string of the molecule is NC(=O)Cc1ccccc1-c1ccc(N2CCCC(NC(=O)Nc3ccc(Cl)cc3)C2=O)c(F)c1. The molecule has 1 fully saturated rings. The van der Waals surface area contributed by atoms with Crippen molar-refractivity contribution >= 4 is 40.8 Å². The Hall–Kier alpha value is -3.91. The minimum atomic E-state index is -0.786. The first kappa shape index (κ1) is 24.2. The van der Waals surface area contributed by atoms with Gasteiger partial charge < -0.3 is 21.3 Å². The number of nitrogens with zero attached hydrogens (tertiary/aromatic N) is 1. The van der Waals surface area contributed by atoms with Gasteiger partial charge in [-0.15, -0.1) is 0 Å². The van der Waals surface area contributed by atoms with Crippen LogP contribution in [0.2, 0.25) is 5.02 Å². The molecule has 0 bridgehead atoms. The molecular formula is C26H24ClFN4O3. The molecule has 1 unspecified atom stereocenters. The van der Waals surface area contributed by atoms with Crippen LogP contribution < -0.4 is 21.3 Å². The van der Waals surface area contributed by atoms with Crippen molar-refractivity contribution in [3.63, 3.8) is 0 Å². The van der Waals surface area contributed by atoms with Crippen LogP contribution in [0, 0.1) is 5.82 Å². The number of nitrogens with one attached hydrogen (secondary N) is 2. The number of rotatable bonds is 6. The molecule has 3 aromatic carbocycles. The summed E-state index contributed by atoms with van der Waals surface area (Å²) in [6.07, 6.45) is 1.08. The molecule has 7 nitrogen and oxygen atoms in total. The van der Waals surface area contributed by atoms with Gasteiger partial charge in [-0.25, -0.2) is 9.18 Å². The number of primary amides is 1. The Labute approximate surface area is 207 Å². The lowest BCUT2D eigenvalue weighted by molar-refractivity contribution is -0.121. The van der Waals surface area contributed by atoms with Gasteiger partial charge in [0, 0.05) is 17.3 Å². The van der Waals surface area contributed by atoms with Crippen molar-refractivity contribution in [3.05, 3.63) is 83.1 Å². The van der Waals surface area contributed by atoms with Crippen LogP contribution >= 0.6 is 11.6 Å². The zero-order valence-corrected chi connectivity index (χ0v) is 19.5. The Balaban J connectivity index is 1.49. The predicted octanol–water partition coefficient (Wildman–Crippen LogP) is 4.49. The third kappa shape index (κ3) is 5.78. The molecule has 9 heteroatoms. The normalized spacial score (nSPS) is 15.5. The smallest absolute Gasteiger partial charge is 0.319 e. The number of anilines is 2. The molecule has 0 saturated carbocycles. The number of urea groups is 1. The molecule has 4 rings (SSSR count). The third-order valence-electron chi connectivity index (χ3n) is 5.78. The van der Waals surface area contributed by atoms with Gasteiger partial charge in [0.25, 0.3) is 0 Å². The summed E-state index contributed by atoms with van der Waals surface area (Å²) in [6, 6.07) is 17.0. The van der Waals surface area contributed by atoms with E-state index in [1.807, 2.05) is 0 Å². The Bertz CT molecular complexity index is 1270. The average Bonchev–Trinajstić information content (AvgIpc) is 2.82. The molecule has 1 aliphatic heterocycles. The molecule has 0 spiro atoms. The Morgan fingerprint density at radius 3 is 2.54 bits per heavy atom. The largest absolute Gasteiger partial charge is 0.369 e. The van der Waals surface area contributed by atoms with Crippen molar-refractivity contribution in [3.8, 4) is 11.1 Å². The van der Waals surface area contributed by atoms with E-state index >= 15 is 4.39 Å². The molecule has 3 aromatic rings. The highest BCUT2D eigenvalue weighted by molar-refractivity contribution is 6.30. The zero-order chi connectivity index (χ0) is 24.9. The third-order valence-corrected chi connectivity index (χ3v) is 6.03. The maximum Gasteiger partial charge on any atom is 0.319 e. The van der Waals surface area contributed by atoms with Crippen molar-refractivity contribution in [1.82, 2.24) is 5.32 Å². The monoisotopic (exact) mass is 494 g/mol. The van der Waals surface area contributed by atoms with E-state index in [0.717, 1.165) is 0 Å². The second kappa shape index (κ2) is 10.6. The number of carbonyl (C=O) groups is 3. The van der Waals surface area contributed by atoms with Crippen LogP contribution in [0.25, 0.3) is 11.1 Å². The summed E-state index contributed by atoms with van der Waals surface area (Å²) in [7, 11) is 0. The fourth-order valence-electron chi connectivity index (χ4n) is 4.14. The molecule has 0 aromatic heterocycles. The van der Waals surface area contributed by atoms with E-state index in [9.17, 15) is 14.4 Å². The average molecular weight is 495 g/mol. The van der Waals surface area contributed by atoms with Crippen LogP contribution in [-0.2, 0) is 16.0 Å². The Kier molecular flexibility index (Phi) is 7.31. The minimum Gasteiger partial charge on any atom is -0.369 e. The second-order valence-corrected chi connectivity index (χ2v) is 8.69. The number of hydrogen-bond acceptors (Lipinski definition) is 3. The first-order valence-corrected chi connectivity index (χ1v) is 11.5. The first-order chi connectivity index (χ1) is 16.8. The van der Waals surface area contributed by atoms with Crippen LogP contribution in [0.1, 0.15) is 18.4 Å². The van der Waals surface area contributed by atoms with E-state index < -0.39 is 23.8 Å². The maximum absolute atomic E-state index is 15.2. The highest BCUT2D eigenvalue weighted by atomic mass is 35.5. The standard InChI is InChI=1S/C26H24ClFN4O3/c27-18-8-10-19(11-9-18)30-26(35)31-22-6-3-13-32(25(22)34)23-12-7-17(14-21(23)28)20-5-2-1-4-16(20)15-24(29)33/h1-2,4-5,7-12,14,22H,3,6,13,15H2,(H2,29,33)(H2,30,31,35). The summed E-state index contributed by atoms with van der Waals surface area (Å²) >= 11 is 5.85. The van der Waals surface area contributed by atoms with E-state index in [-0.39, 0.29) is 18.0 Å². The number of nitrogens with two attached hydrogens (primary N) is 1.